The van der Waals surface area contributed by atoms with Gasteiger partial charge in [0.05, 0.1) is 0 Å². The maximum Gasteiger partial charge on any atom is 0.227 e. The van der Waals surface area contributed by atoms with E-state index in [4.69, 9.17) is 0 Å². The van der Waals surface area contributed by atoms with Crippen LogP contribution in [0.2, 0.25) is 0 Å². The number of pyridine rings is 2. The Morgan fingerprint density at radius 1 is 0.903 bits per heavy atom. The summed E-state index contributed by atoms with van der Waals surface area (Å²) in [6.07, 6.45) is 9.30. The van der Waals surface area contributed by atoms with Gasteiger partial charge in [-0.05, 0) is 72.1 Å². The maximum atomic E-state index is 11.6. The molecule has 2 aromatic carbocycles. The Bertz CT molecular complexity index is 1080. The summed E-state index contributed by atoms with van der Waals surface area (Å²) in [4.78, 5) is 20.9. The second-order valence-corrected chi connectivity index (χ2v) is 8.26. The lowest BCUT2D eigenvalue weighted by Crippen LogP contribution is -2.12. The highest BCUT2D eigenvalue weighted by Crippen LogP contribution is 2.30. The topological polar surface area (TPSA) is 66.9 Å². The van der Waals surface area contributed by atoms with Gasteiger partial charge in [-0.1, -0.05) is 30.3 Å². The number of rotatable bonds is 6. The molecule has 1 aliphatic carbocycles. The number of fused-ring (bicyclic) bond motifs is 1. The molecule has 1 aliphatic rings. The smallest absolute Gasteiger partial charge is 0.227 e. The molecular formula is C25H24N4OS. The van der Waals surface area contributed by atoms with Crippen LogP contribution in [-0.4, -0.2) is 15.9 Å². The third-order valence-electron chi connectivity index (χ3n) is 4.79. The van der Waals surface area contributed by atoms with Crippen molar-refractivity contribution in [3.8, 4) is 0 Å². The number of carbonyl (C=O) groups excluding carboxylic acids is 1. The van der Waals surface area contributed by atoms with Gasteiger partial charge in [0, 0.05) is 53.2 Å². The molecule has 0 unspecified atom stereocenters. The Labute approximate surface area is 186 Å². The molecule has 2 N–H and O–H groups in total. The lowest BCUT2D eigenvalue weighted by molar-refractivity contribution is -0.117. The Morgan fingerprint density at radius 3 is 2.52 bits per heavy atom. The molecule has 2 heterocycles. The molecule has 6 heteroatoms. The first-order valence-electron chi connectivity index (χ1n) is 10.3. The molecule has 0 aliphatic heterocycles. The van der Waals surface area contributed by atoms with E-state index in [1.165, 1.54) is 10.5 Å². The molecule has 5 nitrogen and oxygen atoms in total. The van der Waals surface area contributed by atoms with Crippen molar-refractivity contribution in [1.29, 1.82) is 0 Å². The Kier molecular flexibility index (Phi) is 7.26. The minimum atomic E-state index is 0.147. The molecule has 0 atom stereocenters. The highest BCUT2D eigenvalue weighted by molar-refractivity contribution is 7.97. The van der Waals surface area contributed by atoms with Crippen molar-refractivity contribution < 1.29 is 4.79 Å². The summed E-state index contributed by atoms with van der Waals surface area (Å²) in [5.41, 5.74) is 2.07. The highest BCUT2D eigenvalue weighted by atomic mass is 32.2. The summed E-state index contributed by atoms with van der Waals surface area (Å²) in [6.45, 7) is 0.827. The number of nitrogens with zero attached hydrogens (tertiary/aromatic N) is 2. The first kappa shape index (κ1) is 21.0. The van der Waals surface area contributed by atoms with Crippen molar-refractivity contribution in [1.82, 2.24) is 14.7 Å². The molecule has 0 saturated heterocycles. The fraction of sp³-hybridized carbons (Fsp3) is 0.160. The molecular weight excluding hydrogens is 404 g/mol. The largest absolute Gasteiger partial charge is 0.326 e. The van der Waals surface area contributed by atoms with Gasteiger partial charge in [0.2, 0.25) is 5.91 Å². The quantitative estimate of drug-likeness (QED) is 0.399. The number of hydrogen-bond donors (Lipinski definition) is 2. The van der Waals surface area contributed by atoms with Crippen LogP contribution in [0, 0.1) is 5.92 Å². The van der Waals surface area contributed by atoms with Gasteiger partial charge >= 0.3 is 0 Å². The van der Waals surface area contributed by atoms with Crippen LogP contribution in [0.3, 0.4) is 0 Å². The van der Waals surface area contributed by atoms with E-state index in [1.807, 2.05) is 60.9 Å². The van der Waals surface area contributed by atoms with Crippen molar-refractivity contribution in [3.63, 3.8) is 0 Å². The maximum absolute atomic E-state index is 11.6. The van der Waals surface area contributed by atoms with E-state index in [0.717, 1.165) is 35.8 Å². The zero-order valence-corrected chi connectivity index (χ0v) is 17.9. The third kappa shape index (κ3) is 6.64. The summed E-state index contributed by atoms with van der Waals surface area (Å²) < 4.78 is 3.29. The number of nitrogens with one attached hydrogen (secondary N) is 2. The first-order valence-corrected chi connectivity index (χ1v) is 11.1. The van der Waals surface area contributed by atoms with Gasteiger partial charge in [-0.3, -0.25) is 19.5 Å². The van der Waals surface area contributed by atoms with Gasteiger partial charge in [-0.25, -0.2) is 0 Å². The number of benzene rings is 2. The van der Waals surface area contributed by atoms with E-state index in [0.29, 0.717) is 0 Å². The van der Waals surface area contributed by atoms with Crippen LogP contribution in [-0.2, 0) is 11.3 Å². The number of aromatic nitrogens is 2. The lowest BCUT2D eigenvalue weighted by atomic mass is 10.1. The molecule has 1 amide bonds. The SMILES string of the molecule is O=C(Nc1ccc2cnccc2c1)C1CC1.c1ccc(SNCc2cccnc2)cc1. The van der Waals surface area contributed by atoms with Crippen LogP contribution >= 0.6 is 11.9 Å². The molecule has 156 valence electrons. The molecule has 5 rings (SSSR count). The molecule has 0 radical (unpaired) electrons. The molecule has 0 spiro atoms. The van der Waals surface area contributed by atoms with Crippen LogP contribution in [0.1, 0.15) is 18.4 Å². The molecule has 2 aromatic heterocycles. The fourth-order valence-corrected chi connectivity index (χ4v) is 3.64. The molecule has 31 heavy (non-hydrogen) atoms. The number of amides is 1. The summed E-state index contributed by atoms with van der Waals surface area (Å²) in [7, 11) is 0. The molecule has 1 saturated carbocycles. The normalized spacial score (nSPS) is 12.6. The fourth-order valence-electron chi connectivity index (χ4n) is 2.94. The van der Waals surface area contributed by atoms with Crippen molar-refractivity contribution in [2.24, 2.45) is 5.92 Å². The van der Waals surface area contributed by atoms with Gasteiger partial charge in [0.15, 0.2) is 0 Å². The van der Waals surface area contributed by atoms with Crippen LogP contribution < -0.4 is 10.0 Å². The average Bonchev–Trinajstić information content (AvgIpc) is 3.67. The van der Waals surface area contributed by atoms with Crippen LogP contribution in [0.25, 0.3) is 10.8 Å². The van der Waals surface area contributed by atoms with E-state index in [2.05, 4.69) is 38.2 Å². The van der Waals surface area contributed by atoms with Crippen molar-refractivity contribution >= 4 is 34.3 Å². The van der Waals surface area contributed by atoms with E-state index in [1.54, 1.807) is 24.3 Å². The predicted molar refractivity (Wildman–Crippen MR) is 126 cm³/mol. The molecule has 0 bridgehead atoms. The zero-order chi connectivity index (χ0) is 21.3. The lowest BCUT2D eigenvalue weighted by Gasteiger charge is -2.05. The van der Waals surface area contributed by atoms with E-state index < -0.39 is 0 Å². The second-order valence-electron chi connectivity index (χ2n) is 7.30. The van der Waals surface area contributed by atoms with Crippen LogP contribution in [0.4, 0.5) is 5.69 Å². The van der Waals surface area contributed by atoms with Gasteiger partial charge in [0.1, 0.15) is 0 Å². The summed E-state index contributed by atoms with van der Waals surface area (Å²) in [6, 6.07) is 22.1. The zero-order valence-electron chi connectivity index (χ0n) is 17.1. The standard InChI is InChI=1S/C13H12N2O.C12H12N2S/c16-13(9-1-2-9)15-12-4-3-11-8-14-6-5-10(11)7-12;1-2-6-12(7-3-1)15-14-10-11-5-4-8-13-9-11/h3-9H,1-2H2,(H,15,16);1-9,14H,10H2. The Hall–Kier alpha value is -3.22. The van der Waals surface area contributed by atoms with Crippen molar-refractivity contribution in [2.75, 3.05) is 5.32 Å². The van der Waals surface area contributed by atoms with E-state index in [9.17, 15) is 4.79 Å². The molecule has 4 aromatic rings. The summed E-state index contributed by atoms with van der Waals surface area (Å²) in [5, 5.41) is 5.13. The predicted octanol–water partition coefficient (Wildman–Crippen LogP) is 5.46. The second kappa shape index (κ2) is 10.7. The summed E-state index contributed by atoms with van der Waals surface area (Å²) in [5.74, 6) is 0.390. The average molecular weight is 429 g/mol. The minimum Gasteiger partial charge on any atom is -0.326 e. The third-order valence-corrected chi connectivity index (χ3v) is 5.59. The van der Waals surface area contributed by atoms with Gasteiger partial charge < -0.3 is 5.32 Å². The highest BCUT2D eigenvalue weighted by Gasteiger charge is 2.29. The Balaban J connectivity index is 0.000000150. The summed E-state index contributed by atoms with van der Waals surface area (Å²) >= 11 is 1.64. The van der Waals surface area contributed by atoms with Crippen LogP contribution in [0.15, 0.2) is 96.4 Å². The van der Waals surface area contributed by atoms with E-state index >= 15 is 0 Å². The Morgan fingerprint density at radius 2 is 1.74 bits per heavy atom. The van der Waals surface area contributed by atoms with Crippen molar-refractivity contribution in [2.45, 2.75) is 24.3 Å². The minimum absolute atomic E-state index is 0.147. The van der Waals surface area contributed by atoms with Crippen molar-refractivity contribution in [3.05, 3.63) is 97.1 Å². The number of hydrogen-bond acceptors (Lipinski definition) is 5. The molecule has 1 fully saturated rings. The van der Waals surface area contributed by atoms with Gasteiger partial charge in [0.25, 0.3) is 0 Å². The monoisotopic (exact) mass is 428 g/mol. The first-order chi connectivity index (χ1) is 15.3. The van der Waals surface area contributed by atoms with Gasteiger partial charge in [-0.2, -0.15) is 0 Å². The number of carbonyl (C=O) groups is 1. The van der Waals surface area contributed by atoms with Crippen LogP contribution in [0.5, 0.6) is 0 Å². The van der Waals surface area contributed by atoms with E-state index in [-0.39, 0.29) is 11.8 Å². The van der Waals surface area contributed by atoms with Gasteiger partial charge in [-0.15, -0.1) is 0 Å². The number of anilines is 1.